The molecule has 0 fully saturated rings. The van der Waals surface area contributed by atoms with E-state index in [1.54, 1.807) is 0 Å². The van der Waals surface area contributed by atoms with Gasteiger partial charge in [-0.2, -0.15) is 0 Å². The van der Waals surface area contributed by atoms with E-state index in [1.165, 1.54) is 25.7 Å². The summed E-state index contributed by atoms with van der Waals surface area (Å²) in [5, 5.41) is 3.22. The second kappa shape index (κ2) is 12.9. The van der Waals surface area contributed by atoms with E-state index in [4.69, 9.17) is 0 Å². The Hall–Kier alpha value is -0.570. The third-order valence-electron chi connectivity index (χ3n) is 3.18. The van der Waals surface area contributed by atoms with E-state index in [-0.39, 0.29) is 0 Å². The molecule has 0 heterocycles. The van der Waals surface area contributed by atoms with Crippen molar-refractivity contribution in [3.8, 4) is 0 Å². The third-order valence-corrected chi connectivity index (χ3v) is 3.18. The van der Waals surface area contributed by atoms with Crippen LogP contribution in [-0.4, -0.2) is 37.0 Å². The molecule has 0 atom stereocenters. The monoisotopic (exact) mass is 256 g/mol. The van der Waals surface area contributed by atoms with Crippen molar-refractivity contribution in [2.45, 2.75) is 65.7 Å². The highest BCUT2D eigenvalue weighted by Gasteiger charge is 2.11. The quantitative estimate of drug-likeness (QED) is 0.544. The van der Waals surface area contributed by atoms with Crippen molar-refractivity contribution >= 4 is 5.91 Å². The maximum atomic E-state index is 12.1. The molecule has 0 unspecified atom stereocenters. The molecule has 0 aromatic heterocycles. The van der Waals surface area contributed by atoms with Gasteiger partial charge in [-0.05, 0) is 19.4 Å². The summed E-state index contributed by atoms with van der Waals surface area (Å²) in [6, 6.07) is 0. The first-order chi connectivity index (χ1) is 8.76. The van der Waals surface area contributed by atoms with Crippen molar-refractivity contribution in [2.75, 3.05) is 26.2 Å². The van der Waals surface area contributed by atoms with Crippen LogP contribution in [0.5, 0.6) is 0 Å². The van der Waals surface area contributed by atoms with Crippen molar-refractivity contribution in [1.82, 2.24) is 10.2 Å². The number of unbranched alkanes of at least 4 members (excludes halogenated alkanes) is 4. The predicted molar refractivity (Wildman–Crippen MR) is 78.8 cm³/mol. The zero-order valence-electron chi connectivity index (χ0n) is 12.6. The van der Waals surface area contributed by atoms with Crippen LogP contribution in [0.2, 0.25) is 0 Å². The predicted octanol–water partition coefficient (Wildman–Crippen LogP) is 3.20. The Morgan fingerprint density at radius 1 is 0.944 bits per heavy atom. The van der Waals surface area contributed by atoms with E-state index in [0.717, 1.165) is 39.0 Å². The molecule has 0 aromatic carbocycles. The second-order valence-corrected chi connectivity index (χ2v) is 4.90. The van der Waals surface area contributed by atoms with Gasteiger partial charge in [-0.15, -0.1) is 0 Å². The number of hydrogen-bond donors (Lipinski definition) is 1. The number of nitrogens with one attached hydrogen (secondary N) is 1. The van der Waals surface area contributed by atoms with Crippen molar-refractivity contribution in [2.24, 2.45) is 0 Å². The molecule has 0 rings (SSSR count). The molecule has 0 radical (unpaired) electrons. The van der Waals surface area contributed by atoms with Crippen molar-refractivity contribution in [1.29, 1.82) is 0 Å². The van der Waals surface area contributed by atoms with Crippen LogP contribution < -0.4 is 5.32 Å². The van der Waals surface area contributed by atoms with Gasteiger partial charge in [0, 0.05) is 26.1 Å². The minimum Gasteiger partial charge on any atom is -0.343 e. The molecule has 0 saturated heterocycles. The second-order valence-electron chi connectivity index (χ2n) is 4.90. The van der Waals surface area contributed by atoms with Gasteiger partial charge in [0.2, 0.25) is 5.91 Å². The number of carbonyl (C=O) groups is 1. The van der Waals surface area contributed by atoms with E-state index in [1.807, 2.05) is 0 Å². The van der Waals surface area contributed by atoms with Gasteiger partial charge < -0.3 is 10.2 Å². The van der Waals surface area contributed by atoms with Crippen LogP contribution in [0.3, 0.4) is 0 Å². The standard InChI is InChI=1S/C15H32N2O/c1-4-7-9-13-17(14-10-8-5-2)15(18)11-12-16-6-3/h16H,4-14H2,1-3H3. The lowest BCUT2D eigenvalue weighted by atomic mass is 10.2. The minimum absolute atomic E-state index is 0.322. The van der Waals surface area contributed by atoms with Gasteiger partial charge in [-0.3, -0.25) is 4.79 Å². The number of rotatable bonds is 12. The van der Waals surface area contributed by atoms with Crippen LogP contribution >= 0.6 is 0 Å². The van der Waals surface area contributed by atoms with Crippen LogP contribution in [0.15, 0.2) is 0 Å². The minimum atomic E-state index is 0.322. The molecule has 0 bridgehead atoms. The molecule has 0 aromatic rings. The highest BCUT2D eigenvalue weighted by Crippen LogP contribution is 2.04. The summed E-state index contributed by atoms with van der Waals surface area (Å²) < 4.78 is 0. The van der Waals surface area contributed by atoms with Crippen molar-refractivity contribution in [3.63, 3.8) is 0 Å². The molecule has 1 amide bonds. The van der Waals surface area contributed by atoms with E-state index in [0.29, 0.717) is 12.3 Å². The smallest absolute Gasteiger partial charge is 0.223 e. The van der Waals surface area contributed by atoms with Crippen LogP contribution in [0.1, 0.15) is 65.7 Å². The molecule has 18 heavy (non-hydrogen) atoms. The fourth-order valence-corrected chi connectivity index (χ4v) is 2.00. The van der Waals surface area contributed by atoms with Gasteiger partial charge in [0.25, 0.3) is 0 Å². The average molecular weight is 256 g/mol. The summed E-state index contributed by atoms with van der Waals surface area (Å²) in [5.41, 5.74) is 0. The SMILES string of the molecule is CCCCCN(CCCCC)C(=O)CCNCC. The van der Waals surface area contributed by atoms with Crippen LogP contribution in [-0.2, 0) is 4.79 Å². The Bertz CT molecular complexity index is 185. The zero-order chi connectivity index (χ0) is 13.6. The Kier molecular flexibility index (Phi) is 12.5. The maximum Gasteiger partial charge on any atom is 0.223 e. The Morgan fingerprint density at radius 2 is 1.50 bits per heavy atom. The molecule has 3 heteroatoms. The maximum absolute atomic E-state index is 12.1. The number of amides is 1. The molecule has 3 nitrogen and oxygen atoms in total. The lowest BCUT2D eigenvalue weighted by molar-refractivity contribution is -0.131. The van der Waals surface area contributed by atoms with E-state index in [2.05, 4.69) is 31.0 Å². The van der Waals surface area contributed by atoms with E-state index in [9.17, 15) is 4.79 Å². The van der Waals surface area contributed by atoms with Gasteiger partial charge in [-0.25, -0.2) is 0 Å². The fourth-order valence-electron chi connectivity index (χ4n) is 2.00. The van der Waals surface area contributed by atoms with Gasteiger partial charge >= 0.3 is 0 Å². The average Bonchev–Trinajstić information content (AvgIpc) is 2.37. The first-order valence-electron chi connectivity index (χ1n) is 7.74. The van der Waals surface area contributed by atoms with E-state index >= 15 is 0 Å². The molecule has 1 N–H and O–H groups in total. The first-order valence-corrected chi connectivity index (χ1v) is 7.74. The number of hydrogen-bond acceptors (Lipinski definition) is 2. The highest BCUT2D eigenvalue weighted by atomic mass is 16.2. The molecule has 0 aliphatic carbocycles. The lowest BCUT2D eigenvalue weighted by Gasteiger charge is -2.23. The summed E-state index contributed by atoms with van der Waals surface area (Å²) in [7, 11) is 0. The fraction of sp³-hybridized carbons (Fsp3) is 0.933. The molecule has 0 aliphatic rings. The zero-order valence-corrected chi connectivity index (χ0v) is 12.6. The molecular formula is C15H32N2O. The molecule has 0 spiro atoms. The molecular weight excluding hydrogens is 224 g/mol. The topological polar surface area (TPSA) is 32.3 Å². The third kappa shape index (κ3) is 9.46. The normalized spacial score (nSPS) is 10.6. The van der Waals surface area contributed by atoms with Crippen LogP contribution in [0, 0.1) is 0 Å². The Balaban J connectivity index is 3.95. The van der Waals surface area contributed by atoms with Crippen LogP contribution in [0.25, 0.3) is 0 Å². The Labute approximate surface area is 113 Å². The van der Waals surface area contributed by atoms with Crippen LogP contribution in [0.4, 0.5) is 0 Å². The summed E-state index contributed by atoms with van der Waals surface area (Å²) in [6.07, 6.45) is 7.83. The molecule has 0 aliphatic heterocycles. The molecule has 108 valence electrons. The Morgan fingerprint density at radius 3 is 1.94 bits per heavy atom. The largest absolute Gasteiger partial charge is 0.343 e. The lowest BCUT2D eigenvalue weighted by Crippen LogP contribution is -2.34. The van der Waals surface area contributed by atoms with Gasteiger partial charge in [0.05, 0.1) is 0 Å². The highest BCUT2D eigenvalue weighted by molar-refractivity contribution is 5.76. The van der Waals surface area contributed by atoms with E-state index < -0.39 is 0 Å². The number of carbonyl (C=O) groups excluding carboxylic acids is 1. The van der Waals surface area contributed by atoms with Gasteiger partial charge in [0.1, 0.15) is 0 Å². The van der Waals surface area contributed by atoms with Crippen molar-refractivity contribution < 1.29 is 4.79 Å². The summed E-state index contributed by atoms with van der Waals surface area (Å²) >= 11 is 0. The summed E-state index contributed by atoms with van der Waals surface area (Å²) in [5.74, 6) is 0.322. The van der Waals surface area contributed by atoms with Gasteiger partial charge in [0.15, 0.2) is 0 Å². The van der Waals surface area contributed by atoms with Crippen molar-refractivity contribution in [3.05, 3.63) is 0 Å². The summed E-state index contributed by atoms with van der Waals surface area (Å²) in [4.78, 5) is 14.2. The van der Waals surface area contributed by atoms with Gasteiger partial charge in [-0.1, -0.05) is 46.5 Å². The number of nitrogens with zero attached hydrogens (tertiary/aromatic N) is 1. The molecule has 0 saturated carbocycles. The first kappa shape index (κ1) is 17.4. The summed E-state index contributed by atoms with van der Waals surface area (Å²) in [6.45, 7) is 10.1.